The Kier molecular flexibility index (Phi) is 5.14. The summed E-state index contributed by atoms with van der Waals surface area (Å²) in [5, 5.41) is 11.1. The first-order valence-electron chi connectivity index (χ1n) is 15.6. The van der Waals surface area contributed by atoms with Gasteiger partial charge in [-0.1, -0.05) is 91.0 Å². The fourth-order valence-electron chi connectivity index (χ4n) is 7.39. The second kappa shape index (κ2) is 9.46. The third-order valence-corrected chi connectivity index (χ3v) is 11.9. The minimum absolute atomic E-state index is 0.555. The van der Waals surface area contributed by atoms with Gasteiger partial charge >= 0.3 is 0 Å². The summed E-state index contributed by atoms with van der Waals surface area (Å²) in [6.07, 6.45) is 1.86. The van der Waals surface area contributed by atoms with Crippen LogP contribution in [0.3, 0.4) is 0 Å². The first kappa shape index (κ1) is 25.6. The van der Waals surface area contributed by atoms with Crippen LogP contribution in [0, 0.1) is 0 Å². The highest BCUT2D eigenvalue weighted by Gasteiger charge is 2.19. The van der Waals surface area contributed by atoms with Crippen molar-refractivity contribution in [1.82, 2.24) is 9.97 Å². The number of furan rings is 1. The molecule has 0 saturated heterocycles. The third kappa shape index (κ3) is 3.61. The van der Waals surface area contributed by atoms with Crippen molar-refractivity contribution in [1.29, 1.82) is 0 Å². The Morgan fingerprint density at radius 2 is 1.09 bits per heavy atom. The molecule has 0 atom stereocenters. The van der Waals surface area contributed by atoms with Gasteiger partial charge in [0, 0.05) is 56.9 Å². The molecule has 11 rings (SSSR count). The molecule has 0 aliphatic carbocycles. The van der Waals surface area contributed by atoms with E-state index in [1.54, 1.807) is 0 Å². The molecule has 0 aliphatic rings. The predicted molar refractivity (Wildman–Crippen MR) is 201 cm³/mol. The van der Waals surface area contributed by atoms with Crippen LogP contribution >= 0.6 is 22.7 Å². The maximum atomic E-state index is 6.28. The number of nitrogens with zero attached hydrogens (tertiary/aromatic N) is 2. The van der Waals surface area contributed by atoms with E-state index in [4.69, 9.17) is 14.4 Å². The topological polar surface area (TPSA) is 38.9 Å². The Morgan fingerprint density at radius 3 is 1.77 bits per heavy atom. The van der Waals surface area contributed by atoms with Gasteiger partial charge in [0.15, 0.2) is 0 Å². The van der Waals surface area contributed by atoms with Crippen LogP contribution in [-0.2, 0) is 0 Å². The minimum atomic E-state index is 0.555. The maximum Gasteiger partial charge on any atom is 0.246 e. The zero-order valence-corrected chi connectivity index (χ0v) is 26.5. The molecule has 5 heteroatoms. The average molecular weight is 635 g/mol. The first-order valence-corrected chi connectivity index (χ1v) is 17.3. The molecule has 11 aromatic rings. The molecular weight excluding hydrogens is 613 g/mol. The third-order valence-electron chi connectivity index (χ3n) is 9.51. The van der Waals surface area contributed by atoms with Crippen molar-refractivity contribution in [2.75, 3.05) is 0 Å². The lowest BCUT2D eigenvalue weighted by atomic mass is 9.96. The molecule has 0 N–H and O–H groups in total. The summed E-state index contributed by atoms with van der Waals surface area (Å²) in [6.45, 7) is 0. The van der Waals surface area contributed by atoms with Gasteiger partial charge in [-0.2, -0.15) is 0 Å². The molecule has 0 spiro atoms. The Balaban J connectivity index is 1.17. The molecular formula is C42H22N2OS2. The lowest BCUT2D eigenvalue weighted by Gasteiger charge is -2.08. The second-order valence-electron chi connectivity index (χ2n) is 12.1. The van der Waals surface area contributed by atoms with Crippen LogP contribution < -0.4 is 0 Å². The zero-order chi connectivity index (χ0) is 30.6. The number of benzene rings is 7. The monoisotopic (exact) mass is 634 g/mol. The quantitative estimate of drug-likeness (QED) is 0.190. The lowest BCUT2D eigenvalue weighted by Crippen LogP contribution is -1.88. The highest BCUT2D eigenvalue weighted by molar-refractivity contribution is 7.27. The highest BCUT2D eigenvalue weighted by atomic mass is 32.1. The van der Waals surface area contributed by atoms with Crippen LogP contribution in [0.1, 0.15) is 0 Å². The van der Waals surface area contributed by atoms with Gasteiger partial charge in [-0.15, -0.1) is 22.7 Å². The zero-order valence-electron chi connectivity index (χ0n) is 24.8. The van der Waals surface area contributed by atoms with E-state index in [1.165, 1.54) is 67.5 Å². The molecule has 47 heavy (non-hydrogen) atoms. The molecule has 0 amide bonds. The van der Waals surface area contributed by atoms with E-state index in [1.807, 2.05) is 28.9 Å². The van der Waals surface area contributed by atoms with Gasteiger partial charge < -0.3 is 4.42 Å². The number of rotatable bonds is 2. The normalized spacial score (nSPS) is 12.3. The average Bonchev–Trinajstić information content (AvgIpc) is 3.82. The molecule has 4 aromatic heterocycles. The molecule has 0 bridgehead atoms. The number of aromatic nitrogens is 2. The largest absolute Gasteiger partial charge is 0.436 e. The molecule has 0 fully saturated rings. The van der Waals surface area contributed by atoms with Crippen LogP contribution in [0.25, 0.3) is 106 Å². The smallest absolute Gasteiger partial charge is 0.246 e. The predicted octanol–water partition coefficient (Wildman–Crippen LogP) is 12.8. The van der Waals surface area contributed by atoms with Crippen LogP contribution in [0.5, 0.6) is 0 Å². The summed E-state index contributed by atoms with van der Waals surface area (Å²) in [6, 6.07) is 45.8. The first-order chi connectivity index (χ1) is 23.3. The van der Waals surface area contributed by atoms with E-state index < -0.39 is 0 Å². The summed E-state index contributed by atoms with van der Waals surface area (Å²) < 4.78 is 11.4. The molecule has 0 saturated carbocycles. The van der Waals surface area contributed by atoms with Crippen LogP contribution in [0.15, 0.2) is 138 Å². The van der Waals surface area contributed by atoms with Crippen LogP contribution in [0.4, 0.5) is 0 Å². The minimum Gasteiger partial charge on any atom is -0.436 e. The Hall–Kier alpha value is -5.62. The van der Waals surface area contributed by atoms with Gasteiger partial charge in [0.05, 0.1) is 11.9 Å². The summed E-state index contributed by atoms with van der Waals surface area (Å²) in [5.41, 5.74) is 6.45. The van der Waals surface area contributed by atoms with Gasteiger partial charge in [0.1, 0.15) is 11.1 Å². The molecule has 218 valence electrons. The van der Waals surface area contributed by atoms with E-state index in [0.717, 1.165) is 33.3 Å². The Labute approximate surface area is 276 Å². The van der Waals surface area contributed by atoms with Gasteiger partial charge in [-0.05, 0) is 63.5 Å². The van der Waals surface area contributed by atoms with Crippen LogP contribution in [-0.4, -0.2) is 9.97 Å². The summed E-state index contributed by atoms with van der Waals surface area (Å²) in [5.74, 6) is 0. The molecule has 0 unspecified atom stereocenters. The van der Waals surface area contributed by atoms with Crippen molar-refractivity contribution in [3.63, 3.8) is 0 Å². The van der Waals surface area contributed by atoms with Crippen molar-refractivity contribution in [3.8, 4) is 22.4 Å². The van der Waals surface area contributed by atoms with Crippen molar-refractivity contribution in [2.24, 2.45) is 0 Å². The van der Waals surface area contributed by atoms with E-state index in [0.29, 0.717) is 5.71 Å². The standard InChI is InChI=1S/C42H22N2OS2/c1-3-11-26-23(9-1)19-30(40-37(26)28-13-5-7-15-35(28)46-40)25-17-18-34-32(21-25)39-42(45-34)43-22-33(44-39)31-20-24-10-2-4-12-27(24)38-29-14-6-8-16-36(29)47-41(31)38/h1-22H. The lowest BCUT2D eigenvalue weighted by molar-refractivity contribution is 0.653. The molecule has 3 nitrogen and oxygen atoms in total. The Morgan fingerprint density at radius 1 is 0.511 bits per heavy atom. The van der Waals surface area contributed by atoms with E-state index >= 15 is 0 Å². The van der Waals surface area contributed by atoms with E-state index in [-0.39, 0.29) is 0 Å². The van der Waals surface area contributed by atoms with Gasteiger partial charge in [0.2, 0.25) is 5.71 Å². The van der Waals surface area contributed by atoms with Crippen molar-refractivity contribution >= 4 is 107 Å². The van der Waals surface area contributed by atoms with E-state index in [2.05, 4.69) is 127 Å². The van der Waals surface area contributed by atoms with Crippen molar-refractivity contribution < 1.29 is 4.42 Å². The summed E-state index contributed by atoms with van der Waals surface area (Å²) in [7, 11) is 0. The maximum absolute atomic E-state index is 6.28. The van der Waals surface area contributed by atoms with Crippen LogP contribution in [0.2, 0.25) is 0 Å². The van der Waals surface area contributed by atoms with Crippen molar-refractivity contribution in [2.45, 2.75) is 0 Å². The Bertz CT molecular complexity index is 2880. The summed E-state index contributed by atoms with van der Waals surface area (Å²) >= 11 is 3.68. The summed E-state index contributed by atoms with van der Waals surface area (Å²) in [4.78, 5) is 10.1. The fourth-order valence-corrected chi connectivity index (χ4v) is 9.88. The molecule has 0 aliphatic heterocycles. The second-order valence-corrected chi connectivity index (χ2v) is 14.2. The number of fused-ring (bicyclic) bond motifs is 13. The molecule has 7 aromatic carbocycles. The number of thiophene rings is 2. The van der Waals surface area contributed by atoms with Crippen molar-refractivity contribution in [3.05, 3.63) is 134 Å². The highest BCUT2D eigenvalue weighted by Crippen LogP contribution is 2.46. The van der Waals surface area contributed by atoms with Gasteiger partial charge in [-0.25, -0.2) is 9.97 Å². The van der Waals surface area contributed by atoms with Gasteiger partial charge in [-0.3, -0.25) is 0 Å². The van der Waals surface area contributed by atoms with E-state index in [9.17, 15) is 0 Å². The number of hydrogen-bond acceptors (Lipinski definition) is 5. The van der Waals surface area contributed by atoms with Gasteiger partial charge in [0.25, 0.3) is 0 Å². The molecule has 0 radical (unpaired) electrons. The SMILES string of the molecule is c1ccc2c(c1)cc(-c1ccc3oc4ncc(-c5cc6ccccc6c6c5sc5ccccc56)nc4c3c1)c1sc3ccccc3c12. The molecule has 4 heterocycles. The fraction of sp³-hybridized carbons (Fsp3) is 0. The number of hydrogen-bond donors (Lipinski definition) is 0.